The summed E-state index contributed by atoms with van der Waals surface area (Å²) in [5.74, 6) is 2.28. The van der Waals surface area contributed by atoms with Crippen molar-refractivity contribution in [2.45, 2.75) is 65.8 Å². The second-order valence-corrected chi connectivity index (χ2v) is 6.83. The van der Waals surface area contributed by atoms with E-state index in [9.17, 15) is 5.11 Å². The molecule has 136 valence electrons. The Kier molecular flexibility index (Phi) is 7.09. The minimum Gasteiger partial charge on any atom is -0.444 e. The van der Waals surface area contributed by atoms with Crippen LogP contribution in [0.15, 0.2) is 9.41 Å². The fraction of sp³-hybridized carbons (Fsp3) is 0.778. The van der Waals surface area contributed by atoms with Crippen LogP contribution in [0.4, 0.5) is 0 Å². The smallest absolute Gasteiger partial charge is 0.216 e. The SMILES string of the molecule is CCNC(=NCc1nc(C)c(C)o1)NCC1(CCO)CCCCC1. The van der Waals surface area contributed by atoms with E-state index in [0.717, 1.165) is 36.9 Å². The summed E-state index contributed by atoms with van der Waals surface area (Å²) < 4.78 is 5.59. The number of aliphatic hydroxyl groups is 1. The summed E-state index contributed by atoms with van der Waals surface area (Å²) in [6.07, 6.45) is 7.03. The first-order valence-electron chi connectivity index (χ1n) is 9.14. The topological polar surface area (TPSA) is 82.7 Å². The maximum Gasteiger partial charge on any atom is 0.216 e. The van der Waals surface area contributed by atoms with Gasteiger partial charge in [0.15, 0.2) is 5.96 Å². The number of rotatable bonds is 7. The zero-order valence-corrected chi connectivity index (χ0v) is 15.3. The van der Waals surface area contributed by atoms with Crippen LogP contribution in [0.25, 0.3) is 0 Å². The summed E-state index contributed by atoms with van der Waals surface area (Å²) in [7, 11) is 0. The predicted molar refractivity (Wildman–Crippen MR) is 96.0 cm³/mol. The molecule has 0 aliphatic heterocycles. The third kappa shape index (κ3) is 5.23. The van der Waals surface area contributed by atoms with Crippen LogP contribution in [0.2, 0.25) is 0 Å². The molecule has 1 aliphatic carbocycles. The van der Waals surface area contributed by atoms with E-state index in [1.165, 1.54) is 32.1 Å². The third-order valence-corrected chi connectivity index (χ3v) is 4.98. The monoisotopic (exact) mass is 336 g/mol. The van der Waals surface area contributed by atoms with Crippen molar-refractivity contribution in [2.75, 3.05) is 19.7 Å². The maximum atomic E-state index is 9.44. The number of guanidine groups is 1. The molecule has 1 fully saturated rings. The molecule has 1 aliphatic rings. The van der Waals surface area contributed by atoms with Crippen molar-refractivity contribution in [3.05, 3.63) is 17.3 Å². The first-order chi connectivity index (χ1) is 11.6. The average Bonchev–Trinajstić information content (AvgIpc) is 2.90. The van der Waals surface area contributed by atoms with Gasteiger partial charge in [0.25, 0.3) is 0 Å². The summed E-state index contributed by atoms with van der Waals surface area (Å²) in [6, 6.07) is 0. The number of aryl methyl sites for hydroxylation is 2. The van der Waals surface area contributed by atoms with E-state index in [1.807, 2.05) is 13.8 Å². The lowest BCUT2D eigenvalue weighted by Gasteiger charge is -2.37. The van der Waals surface area contributed by atoms with Crippen LogP contribution < -0.4 is 10.6 Å². The van der Waals surface area contributed by atoms with Gasteiger partial charge < -0.3 is 20.2 Å². The van der Waals surface area contributed by atoms with Gasteiger partial charge in [-0.15, -0.1) is 0 Å². The van der Waals surface area contributed by atoms with Crippen molar-refractivity contribution in [1.29, 1.82) is 0 Å². The van der Waals surface area contributed by atoms with Gasteiger partial charge in [-0.2, -0.15) is 0 Å². The van der Waals surface area contributed by atoms with Gasteiger partial charge in [-0.25, -0.2) is 9.98 Å². The number of hydrogen-bond acceptors (Lipinski definition) is 4. The Morgan fingerprint density at radius 1 is 1.25 bits per heavy atom. The standard InChI is InChI=1S/C18H32N4O2/c1-4-19-17(20-12-16-22-14(2)15(3)24-16)21-13-18(10-11-23)8-6-5-7-9-18/h23H,4-13H2,1-3H3,(H2,19,20,21). The zero-order chi connectivity index (χ0) is 17.4. The number of aliphatic imine (C=N–C) groups is 1. The Bertz CT molecular complexity index is 508. The Morgan fingerprint density at radius 2 is 2.00 bits per heavy atom. The second-order valence-electron chi connectivity index (χ2n) is 6.83. The van der Waals surface area contributed by atoms with Crippen molar-refractivity contribution in [3.63, 3.8) is 0 Å². The zero-order valence-electron chi connectivity index (χ0n) is 15.3. The largest absolute Gasteiger partial charge is 0.444 e. The first kappa shape index (κ1) is 18.8. The normalized spacial score (nSPS) is 17.8. The summed E-state index contributed by atoms with van der Waals surface area (Å²) in [6.45, 7) is 8.26. The molecular weight excluding hydrogens is 304 g/mol. The highest BCUT2D eigenvalue weighted by atomic mass is 16.4. The van der Waals surface area contributed by atoms with Crippen LogP contribution in [0.5, 0.6) is 0 Å². The van der Waals surface area contributed by atoms with Crippen molar-refractivity contribution in [3.8, 4) is 0 Å². The van der Waals surface area contributed by atoms with Gasteiger partial charge in [0.2, 0.25) is 5.89 Å². The van der Waals surface area contributed by atoms with Crippen LogP contribution in [-0.4, -0.2) is 35.7 Å². The molecule has 1 aromatic heterocycles. The molecule has 0 spiro atoms. The van der Waals surface area contributed by atoms with Gasteiger partial charge in [-0.05, 0) is 45.4 Å². The van der Waals surface area contributed by atoms with E-state index in [1.54, 1.807) is 0 Å². The highest BCUT2D eigenvalue weighted by Crippen LogP contribution is 2.38. The Labute approximate surface area is 145 Å². The van der Waals surface area contributed by atoms with Crippen molar-refractivity contribution < 1.29 is 9.52 Å². The highest BCUT2D eigenvalue weighted by molar-refractivity contribution is 5.79. The third-order valence-electron chi connectivity index (χ3n) is 4.98. The molecule has 6 nitrogen and oxygen atoms in total. The number of oxazole rings is 1. The minimum absolute atomic E-state index is 0.194. The van der Waals surface area contributed by atoms with Crippen LogP contribution in [0.3, 0.4) is 0 Å². The Balaban J connectivity index is 1.97. The van der Waals surface area contributed by atoms with Gasteiger partial charge in [0, 0.05) is 19.7 Å². The molecular formula is C18H32N4O2. The molecule has 1 aromatic rings. The number of hydrogen-bond donors (Lipinski definition) is 3. The number of aliphatic hydroxyl groups excluding tert-OH is 1. The Morgan fingerprint density at radius 3 is 2.58 bits per heavy atom. The lowest BCUT2D eigenvalue weighted by atomic mass is 9.72. The fourth-order valence-electron chi connectivity index (χ4n) is 3.42. The summed E-state index contributed by atoms with van der Waals surface area (Å²) in [4.78, 5) is 8.96. The number of nitrogens with zero attached hydrogens (tertiary/aromatic N) is 2. The fourth-order valence-corrected chi connectivity index (χ4v) is 3.42. The van der Waals surface area contributed by atoms with Crippen LogP contribution >= 0.6 is 0 Å². The van der Waals surface area contributed by atoms with Gasteiger partial charge in [-0.3, -0.25) is 0 Å². The van der Waals surface area contributed by atoms with Gasteiger partial charge in [0.05, 0.1) is 5.69 Å². The maximum absolute atomic E-state index is 9.44. The van der Waals surface area contributed by atoms with Crippen molar-refractivity contribution in [1.82, 2.24) is 15.6 Å². The van der Waals surface area contributed by atoms with Crippen molar-refractivity contribution >= 4 is 5.96 Å². The minimum atomic E-state index is 0.194. The van der Waals surface area contributed by atoms with E-state index in [4.69, 9.17) is 4.42 Å². The molecule has 6 heteroatoms. The highest BCUT2D eigenvalue weighted by Gasteiger charge is 2.31. The summed E-state index contributed by atoms with van der Waals surface area (Å²) in [5, 5.41) is 16.2. The van der Waals surface area contributed by atoms with Crippen LogP contribution in [0.1, 0.15) is 62.8 Å². The van der Waals surface area contributed by atoms with Crippen LogP contribution in [0, 0.1) is 19.3 Å². The van der Waals surface area contributed by atoms with E-state index in [2.05, 4.69) is 27.5 Å². The molecule has 0 aromatic carbocycles. The second kappa shape index (κ2) is 9.06. The van der Waals surface area contributed by atoms with Gasteiger partial charge >= 0.3 is 0 Å². The van der Waals surface area contributed by atoms with E-state index >= 15 is 0 Å². The van der Waals surface area contributed by atoms with E-state index < -0.39 is 0 Å². The molecule has 0 radical (unpaired) electrons. The van der Waals surface area contributed by atoms with E-state index in [0.29, 0.717) is 12.4 Å². The molecule has 0 atom stereocenters. The predicted octanol–water partition coefficient (Wildman–Crippen LogP) is 2.68. The molecule has 0 bridgehead atoms. The summed E-state index contributed by atoms with van der Waals surface area (Å²) >= 11 is 0. The molecule has 3 N–H and O–H groups in total. The molecule has 0 saturated heterocycles. The molecule has 1 saturated carbocycles. The van der Waals surface area contributed by atoms with Gasteiger partial charge in [0.1, 0.15) is 12.3 Å². The van der Waals surface area contributed by atoms with Crippen LogP contribution in [-0.2, 0) is 6.54 Å². The van der Waals surface area contributed by atoms with Gasteiger partial charge in [-0.1, -0.05) is 19.3 Å². The quantitative estimate of drug-likeness (QED) is 0.527. The first-order valence-corrected chi connectivity index (χ1v) is 9.14. The lowest BCUT2D eigenvalue weighted by Crippen LogP contribution is -2.44. The molecule has 0 amide bonds. The molecule has 24 heavy (non-hydrogen) atoms. The summed E-state index contributed by atoms with van der Waals surface area (Å²) in [5.41, 5.74) is 1.11. The van der Waals surface area contributed by atoms with Crippen molar-refractivity contribution in [2.24, 2.45) is 10.4 Å². The Hall–Kier alpha value is -1.56. The molecule has 2 rings (SSSR count). The van der Waals surface area contributed by atoms with E-state index in [-0.39, 0.29) is 12.0 Å². The molecule has 1 heterocycles. The average molecular weight is 336 g/mol. The number of aromatic nitrogens is 1. The molecule has 0 unspecified atom stereocenters. The lowest BCUT2D eigenvalue weighted by molar-refractivity contribution is 0.131. The number of nitrogens with one attached hydrogen (secondary N) is 2.